The average molecular weight is 258 g/mol. The van der Waals surface area contributed by atoms with Gasteiger partial charge in [-0.2, -0.15) is 0 Å². The Morgan fingerprint density at radius 2 is 2.26 bits per heavy atom. The van der Waals surface area contributed by atoms with Crippen LogP contribution < -0.4 is 0 Å². The fourth-order valence-electron chi connectivity index (χ4n) is 2.69. The number of hydrogen-bond acceptors (Lipinski definition) is 3. The molecule has 0 amide bonds. The molecule has 2 heterocycles. The normalized spacial score (nSPS) is 15.0. The van der Waals surface area contributed by atoms with E-state index in [9.17, 15) is 4.79 Å². The molecule has 0 bridgehead atoms. The van der Waals surface area contributed by atoms with Crippen molar-refractivity contribution in [3.63, 3.8) is 0 Å². The number of benzene rings is 1. The summed E-state index contributed by atoms with van der Waals surface area (Å²) in [6.07, 6.45) is 4.71. The van der Waals surface area contributed by atoms with Crippen LogP contribution in [0, 0.1) is 0 Å². The summed E-state index contributed by atoms with van der Waals surface area (Å²) < 4.78 is 7.31. The molecular weight excluding hydrogens is 240 g/mol. The highest BCUT2D eigenvalue weighted by atomic mass is 16.5. The molecule has 1 aromatic carbocycles. The number of nitrogens with zero attached hydrogens (tertiary/aromatic N) is 2. The maximum absolute atomic E-state index is 11.7. The Balaban J connectivity index is 2.03. The van der Waals surface area contributed by atoms with Crippen molar-refractivity contribution in [3.05, 3.63) is 29.6 Å². The second-order valence-corrected chi connectivity index (χ2v) is 4.91. The van der Waals surface area contributed by atoms with Gasteiger partial charge in [0, 0.05) is 13.0 Å². The highest BCUT2D eigenvalue weighted by Gasteiger charge is 2.15. The number of aryl methyl sites for hydroxylation is 2. The lowest BCUT2D eigenvalue weighted by molar-refractivity contribution is 0.0526. The van der Waals surface area contributed by atoms with Gasteiger partial charge in [-0.15, -0.1) is 0 Å². The number of hydrogen-bond donors (Lipinski definition) is 0. The molecular formula is C15H18N2O2. The molecule has 0 fully saturated rings. The fourth-order valence-corrected chi connectivity index (χ4v) is 2.69. The largest absolute Gasteiger partial charge is 0.462 e. The van der Waals surface area contributed by atoms with Crippen molar-refractivity contribution in [2.75, 3.05) is 6.61 Å². The van der Waals surface area contributed by atoms with E-state index in [1.54, 1.807) is 0 Å². The van der Waals surface area contributed by atoms with Crippen LogP contribution in [0.2, 0.25) is 0 Å². The minimum absolute atomic E-state index is 0.271. The summed E-state index contributed by atoms with van der Waals surface area (Å²) in [5.41, 5.74) is 2.62. The van der Waals surface area contributed by atoms with E-state index in [0.717, 1.165) is 29.8 Å². The second-order valence-electron chi connectivity index (χ2n) is 4.91. The Hall–Kier alpha value is -1.84. The van der Waals surface area contributed by atoms with Gasteiger partial charge in [0.2, 0.25) is 0 Å². The number of carbonyl (C=O) groups is 1. The van der Waals surface area contributed by atoms with Crippen molar-refractivity contribution >= 4 is 17.0 Å². The highest BCUT2D eigenvalue weighted by Crippen LogP contribution is 2.23. The van der Waals surface area contributed by atoms with E-state index in [1.807, 2.05) is 25.1 Å². The maximum atomic E-state index is 11.7. The van der Waals surface area contributed by atoms with E-state index in [2.05, 4.69) is 9.55 Å². The Bertz CT molecular complexity index is 616. The van der Waals surface area contributed by atoms with Gasteiger partial charge in [-0.3, -0.25) is 0 Å². The van der Waals surface area contributed by atoms with Crippen molar-refractivity contribution in [2.24, 2.45) is 0 Å². The molecule has 1 aliphatic heterocycles. The summed E-state index contributed by atoms with van der Waals surface area (Å²) in [6.45, 7) is 3.25. The number of fused-ring (bicyclic) bond motifs is 3. The minimum atomic E-state index is -0.271. The van der Waals surface area contributed by atoms with Crippen LogP contribution in [-0.2, 0) is 17.7 Å². The molecule has 0 saturated heterocycles. The average Bonchev–Trinajstić information content (AvgIpc) is 2.60. The predicted octanol–water partition coefficient (Wildman–Crippen LogP) is 2.94. The van der Waals surface area contributed by atoms with Crippen molar-refractivity contribution in [2.45, 2.75) is 39.2 Å². The zero-order valence-electron chi connectivity index (χ0n) is 11.2. The van der Waals surface area contributed by atoms with Crippen LogP contribution in [-0.4, -0.2) is 22.1 Å². The van der Waals surface area contributed by atoms with Gasteiger partial charge < -0.3 is 9.30 Å². The smallest absolute Gasteiger partial charge is 0.338 e. The van der Waals surface area contributed by atoms with Crippen LogP contribution in [0.1, 0.15) is 42.4 Å². The van der Waals surface area contributed by atoms with Crippen LogP contribution in [0.25, 0.3) is 11.0 Å². The van der Waals surface area contributed by atoms with E-state index >= 15 is 0 Å². The molecule has 0 spiro atoms. The van der Waals surface area contributed by atoms with Gasteiger partial charge in [0.1, 0.15) is 5.82 Å². The molecule has 0 radical (unpaired) electrons. The summed E-state index contributed by atoms with van der Waals surface area (Å²) in [7, 11) is 0. The molecule has 0 N–H and O–H groups in total. The van der Waals surface area contributed by atoms with Crippen LogP contribution in [0.15, 0.2) is 18.2 Å². The van der Waals surface area contributed by atoms with Crippen molar-refractivity contribution < 1.29 is 9.53 Å². The maximum Gasteiger partial charge on any atom is 0.338 e. The number of esters is 1. The molecule has 2 aromatic rings. The Kier molecular flexibility index (Phi) is 3.23. The van der Waals surface area contributed by atoms with Crippen molar-refractivity contribution in [1.29, 1.82) is 0 Å². The Morgan fingerprint density at radius 3 is 3.11 bits per heavy atom. The molecule has 3 rings (SSSR count). The van der Waals surface area contributed by atoms with Gasteiger partial charge >= 0.3 is 5.97 Å². The minimum Gasteiger partial charge on any atom is -0.462 e. The molecule has 4 heteroatoms. The van der Waals surface area contributed by atoms with E-state index in [0.29, 0.717) is 12.2 Å². The number of ether oxygens (including phenoxy) is 1. The fraction of sp³-hybridized carbons (Fsp3) is 0.467. The summed E-state index contributed by atoms with van der Waals surface area (Å²) in [5.74, 6) is 0.876. The van der Waals surface area contributed by atoms with Gasteiger partial charge in [-0.25, -0.2) is 9.78 Å². The first-order valence-corrected chi connectivity index (χ1v) is 6.96. The molecule has 0 saturated carbocycles. The first-order chi connectivity index (χ1) is 9.29. The highest BCUT2D eigenvalue weighted by molar-refractivity contribution is 5.93. The molecule has 4 nitrogen and oxygen atoms in total. The number of aromatic nitrogens is 2. The zero-order chi connectivity index (χ0) is 13.2. The van der Waals surface area contributed by atoms with Crippen molar-refractivity contribution in [1.82, 2.24) is 9.55 Å². The van der Waals surface area contributed by atoms with E-state index < -0.39 is 0 Å². The van der Waals surface area contributed by atoms with Gasteiger partial charge in [-0.05, 0) is 38.0 Å². The molecule has 0 aliphatic carbocycles. The van der Waals surface area contributed by atoms with Crippen LogP contribution in [0.3, 0.4) is 0 Å². The summed E-state index contributed by atoms with van der Waals surface area (Å²) in [4.78, 5) is 16.4. The summed E-state index contributed by atoms with van der Waals surface area (Å²) in [5, 5.41) is 0. The SMILES string of the molecule is CCOC(=O)c1ccc2c(c1)nc1n2CCCCC1. The molecule has 0 atom stereocenters. The van der Waals surface area contributed by atoms with Crippen LogP contribution >= 0.6 is 0 Å². The topological polar surface area (TPSA) is 44.1 Å². The lowest BCUT2D eigenvalue weighted by Gasteiger charge is -2.04. The summed E-state index contributed by atoms with van der Waals surface area (Å²) >= 11 is 0. The molecule has 100 valence electrons. The van der Waals surface area contributed by atoms with Crippen LogP contribution in [0.4, 0.5) is 0 Å². The predicted molar refractivity (Wildman–Crippen MR) is 73.2 cm³/mol. The summed E-state index contributed by atoms with van der Waals surface area (Å²) in [6, 6.07) is 5.67. The molecule has 0 unspecified atom stereocenters. The number of rotatable bonds is 2. The lowest BCUT2D eigenvalue weighted by Crippen LogP contribution is -2.04. The third-order valence-corrected chi connectivity index (χ3v) is 3.62. The monoisotopic (exact) mass is 258 g/mol. The van der Waals surface area contributed by atoms with E-state index in [1.165, 1.54) is 19.3 Å². The first-order valence-electron chi connectivity index (χ1n) is 6.96. The van der Waals surface area contributed by atoms with Crippen LogP contribution in [0.5, 0.6) is 0 Å². The third kappa shape index (κ3) is 2.23. The molecule has 1 aromatic heterocycles. The third-order valence-electron chi connectivity index (χ3n) is 3.62. The molecule has 1 aliphatic rings. The van der Waals surface area contributed by atoms with E-state index in [4.69, 9.17) is 4.74 Å². The molecule has 19 heavy (non-hydrogen) atoms. The quantitative estimate of drug-likeness (QED) is 0.778. The Morgan fingerprint density at radius 1 is 1.37 bits per heavy atom. The van der Waals surface area contributed by atoms with Gasteiger partial charge in [0.05, 0.1) is 23.2 Å². The second kappa shape index (κ2) is 5.03. The van der Waals surface area contributed by atoms with Crippen molar-refractivity contribution in [3.8, 4) is 0 Å². The Labute approximate surface area is 112 Å². The zero-order valence-corrected chi connectivity index (χ0v) is 11.2. The number of imidazole rings is 1. The number of carbonyl (C=O) groups excluding carboxylic acids is 1. The van der Waals surface area contributed by atoms with Gasteiger partial charge in [0.25, 0.3) is 0 Å². The lowest BCUT2D eigenvalue weighted by atomic mass is 10.2. The first kappa shape index (κ1) is 12.2. The van der Waals surface area contributed by atoms with Gasteiger partial charge in [-0.1, -0.05) is 6.42 Å². The van der Waals surface area contributed by atoms with E-state index in [-0.39, 0.29) is 5.97 Å². The van der Waals surface area contributed by atoms with Gasteiger partial charge in [0.15, 0.2) is 0 Å². The standard InChI is InChI=1S/C15H18N2O2/c1-2-19-15(18)11-7-8-13-12(10-11)16-14-6-4-3-5-9-17(13)14/h7-8,10H,2-6,9H2,1H3.